The van der Waals surface area contributed by atoms with Gasteiger partial charge in [-0.25, -0.2) is 9.59 Å². The van der Waals surface area contributed by atoms with Gasteiger partial charge in [0.25, 0.3) is 0 Å². The molecule has 8 heteroatoms. The second kappa shape index (κ2) is 6.08. The minimum Gasteiger partial charge on any atom is -0.480 e. The summed E-state index contributed by atoms with van der Waals surface area (Å²) in [5.74, 6) is -1.41. The van der Waals surface area contributed by atoms with Crippen LogP contribution in [0.5, 0.6) is 0 Å². The summed E-state index contributed by atoms with van der Waals surface area (Å²) in [6, 6.07) is -1.34. The number of hydrogen-bond donors (Lipinski definition) is 2. The van der Waals surface area contributed by atoms with Crippen molar-refractivity contribution in [1.29, 1.82) is 0 Å². The fourth-order valence-corrected chi connectivity index (χ4v) is 2.48. The molecule has 2 heterocycles. The first-order valence-corrected chi connectivity index (χ1v) is 6.72. The van der Waals surface area contributed by atoms with Crippen molar-refractivity contribution < 1.29 is 19.5 Å². The van der Waals surface area contributed by atoms with Crippen LogP contribution in [0.3, 0.4) is 0 Å². The number of nitrogens with one attached hydrogen (secondary N) is 1. The van der Waals surface area contributed by atoms with Crippen LogP contribution < -0.4 is 5.32 Å². The van der Waals surface area contributed by atoms with Gasteiger partial charge in [-0.2, -0.15) is 0 Å². The molecule has 1 atom stereocenters. The maximum absolute atomic E-state index is 12.5. The Hall–Kier alpha value is -1.83. The molecule has 2 rings (SSSR count). The first-order valence-electron chi connectivity index (χ1n) is 6.72. The van der Waals surface area contributed by atoms with Gasteiger partial charge in [0.2, 0.25) is 5.91 Å². The van der Waals surface area contributed by atoms with E-state index in [4.69, 9.17) is 5.11 Å². The summed E-state index contributed by atoms with van der Waals surface area (Å²) in [5.41, 5.74) is 0. The van der Waals surface area contributed by atoms with Crippen molar-refractivity contribution in [2.75, 3.05) is 46.3 Å². The third-order valence-electron chi connectivity index (χ3n) is 3.70. The van der Waals surface area contributed by atoms with Crippen molar-refractivity contribution >= 4 is 17.9 Å². The van der Waals surface area contributed by atoms with Gasteiger partial charge in [0, 0.05) is 26.2 Å². The molecule has 1 unspecified atom stereocenters. The lowest BCUT2D eigenvalue weighted by atomic mass is 10.2. The summed E-state index contributed by atoms with van der Waals surface area (Å²) in [6.07, 6.45) is 0.847. The number of carboxylic acids is 1. The lowest BCUT2D eigenvalue weighted by molar-refractivity contribution is -0.144. The van der Waals surface area contributed by atoms with Gasteiger partial charge < -0.3 is 20.2 Å². The predicted octanol–water partition coefficient (Wildman–Crippen LogP) is -1.37. The molecule has 0 saturated carbocycles. The van der Waals surface area contributed by atoms with E-state index in [1.165, 1.54) is 0 Å². The smallest absolute Gasteiger partial charge is 0.328 e. The third-order valence-corrected chi connectivity index (χ3v) is 3.70. The Morgan fingerprint density at radius 2 is 2.00 bits per heavy atom. The molecule has 0 aromatic heterocycles. The van der Waals surface area contributed by atoms with Gasteiger partial charge in [-0.1, -0.05) is 0 Å². The van der Waals surface area contributed by atoms with E-state index in [1.807, 2.05) is 7.05 Å². The highest BCUT2D eigenvalue weighted by atomic mass is 16.4. The summed E-state index contributed by atoms with van der Waals surface area (Å²) in [5, 5.41) is 11.6. The second-order valence-electron chi connectivity index (χ2n) is 5.21. The summed E-state index contributed by atoms with van der Waals surface area (Å²) < 4.78 is 0. The van der Waals surface area contributed by atoms with Crippen LogP contribution in [-0.4, -0.2) is 90.1 Å². The van der Waals surface area contributed by atoms with Crippen molar-refractivity contribution in [2.45, 2.75) is 12.5 Å². The summed E-state index contributed by atoms with van der Waals surface area (Å²) in [4.78, 5) is 40.0. The normalized spacial score (nSPS) is 25.1. The largest absolute Gasteiger partial charge is 0.480 e. The standard InChI is InChI=1S/C12H20N4O4/c1-14-3-2-4-15(6-5-14)12(20)16-8-10(17)13-7-9(16)11(18)19/h9H,2-8H2,1H3,(H,13,17)(H,18,19). The first-order chi connectivity index (χ1) is 9.49. The molecule has 0 radical (unpaired) electrons. The molecule has 8 nitrogen and oxygen atoms in total. The number of urea groups is 1. The predicted molar refractivity (Wildman–Crippen MR) is 70.2 cm³/mol. The van der Waals surface area contributed by atoms with Gasteiger partial charge in [0.1, 0.15) is 12.6 Å². The van der Waals surface area contributed by atoms with E-state index >= 15 is 0 Å². The molecule has 0 aromatic rings. The Morgan fingerprint density at radius 3 is 2.70 bits per heavy atom. The number of carbonyl (C=O) groups excluding carboxylic acids is 2. The quantitative estimate of drug-likeness (QED) is 0.619. The number of carboxylic acid groups (broad SMARTS) is 1. The van der Waals surface area contributed by atoms with Crippen LogP contribution in [0.15, 0.2) is 0 Å². The second-order valence-corrected chi connectivity index (χ2v) is 5.21. The van der Waals surface area contributed by atoms with Gasteiger partial charge in [0.15, 0.2) is 0 Å². The van der Waals surface area contributed by atoms with Gasteiger partial charge >= 0.3 is 12.0 Å². The zero-order valence-electron chi connectivity index (χ0n) is 11.5. The lowest BCUT2D eigenvalue weighted by Crippen LogP contribution is -2.62. The van der Waals surface area contributed by atoms with Crippen LogP contribution in [0.4, 0.5) is 4.79 Å². The average Bonchev–Trinajstić information content (AvgIpc) is 2.62. The van der Waals surface area contributed by atoms with Crippen molar-refractivity contribution in [2.24, 2.45) is 0 Å². The molecule has 0 spiro atoms. The fourth-order valence-electron chi connectivity index (χ4n) is 2.48. The van der Waals surface area contributed by atoms with E-state index in [9.17, 15) is 14.4 Å². The Morgan fingerprint density at radius 1 is 1.25 bits per heavy atom. The summed E-state index contributed by atoms with van der Waals surface area (Å²) in [6.45, 7) is 2.58. The van der Waals surface area contributed by atoms with Gasteiger partial charge in [-0.3, -0.25) is 9.69 Å². The fraction of sp³-hybridized carbons (Fsp3) is 0.750. The zero-order valence-corrected chi connectivity index (χ0v) is 11.5. The molecule has 0 aliphatic carbocycles. The molecular formula is C12H20N4O4. The first kappa shape index (κ1) is 14.6. The number of carbonyl (C=O) groups is 3. The Labute approximate surface area is 117 Å². The van der Waals surface area contributed by atoms with Crippen molar-refractivity contribution in [3.05, 3.63) is 0 Å². The Kier molecular flexibility index (Phi) is 4.43. The zero-order chi connectivity index (χ0) is 14.7. The Bertz CT molecular complexity index is 414. The van der Waals surface area contributed by atoms with Gasteiger partial charge in [0.05, 0.1) is 0 Å². The maximum Gasteiger partial charge on any atom is 0.328 e. The van der Waals surface area contributed by atoms with Crippen molar-refractivity contribution in [3.63, 3.8) is 0 Å². The van der Waals surface area contributed by atoms with E-state index in [0.29, 0.717) is 13.1 Å². The van der Waals surface area contributed by atoms with Crippen LogP contribution >= 0.6 is 0 Å². The molecule has 112 valence electrons. The molecule has 2 aliphatic rings. The number of likely N-dealkylation sites (N-methyl/N-ethyl adjacent to an activating group) is 1. The van der Waals surface area contributed by atoms with E-state index in [1.54, 1.807) is 4.90 Å². The van der Waals surface area contributed by atoms with Crippen LogP contribution in [0.1, 0.15) is 6.42 Å². The third kappa shape index (κ3) is 3.19. The molecule has 2 aliphatic heterocycles. The van der Waals surface area contributed by atoms with E-state index < -0.39 is 12.0 Å². The summed E-state index contributed by atoms with van der Waals surface area (Å²) in [7, 11) is 1.99. The number of rotatable bonds is 1. The highest BCUT2D eigenvalue weighted by molar-refractivity contribution is 5.90. The molecule has 0 bridgehead atoms. The number of piperazine rings is 1. The lowest BCUT2D eigenvalue weighted by Gasteiger charge is -2.36. The van der Waals surface area contributed by atoms with E-state index in [2.05, 4.69) is 10.2 Å². The van der Waals surface area contributed by atoms with E-state index in [-0.39, 0.29) is 25.0 Å². The molecule has 2 fully saturated rings. The monoisotopic (exact) mass is 284 g/mol. The molecule has 2 N–H and O–H groups in total. The molecular weight excluding hydrogens is 264 g/mol. The molecule has 3 amide bonds. The molecule has 0 aromatic carbocycles. The SMILES string of the molecule is CN1CCCN(C(=O)N2CC(=O)NCC2C(=O)O)CC1. The van der Waals surface area contributed by atoms with Crippen molar-refractivity contribution in [1.82, 2.24) is 20.0 Å². The number of nitrogens with zero attached hydrogens (tertiary/aromatic N) is 3. The Balaban J connectivity index is 2.08. The highest BCUT2D eigenvalue weighted by Gasteiger charge is 2.37. The maximum atomic E-state index is 12.5. The van der Waals surface area contributed by atoms with Gasteiger partial charge in [-0.15, -0.1) is 0 Å². The van der Waals surface area contributed by atoms with Crippen molar-refractivity contribution in [3.8, 4) is 0 Å². The van der Waals surface area contributed by atoms with E-state index in [0.717, 1.165) is 24.4 Å². The van der Waals surface area contributed by atoms with Crippen LogP contribution in [0.25, 0.3) is 0 Å². The average molecular weight is 284 g/mol. The number of amides is 3. The van der Waals surface area contributed by atoms with Crippen LogP contribution in [0, 0.1) is 0 Å². The topological polar surface area (TPSA) is 93.2 Å². The van der Waals surface area contributed by atoms with Crippen LogP contribution in [0.2, 0.25) is 0 Å². The number of hydrogen-bond acceptors (Lipinski definition) is 4. The minimum atomic E-state index is -1.09. The molecule has 2 saturated heterocycles. The van der Waals surface area contributed by atoms with Crippen LogP contribution in [-0.2, 0) is 9.59 Å². The van der Waals surface area contributed by atoms with Gasteiger partial charge in [-0.05, 0) is 20.0 Å². The minimum absolute atomic E-state index is 0.0341. The molecule has 20 heavy (non-hydrogen) atoms. The summed E-state index contributed by atoms with van der Waals surface area (Å²) >= 11 is 0. The highest BCUT2D eigenvalue weighted by Crippen LogP contribution is 2.11. The number of aliphatic carboxylic acids is 1.